The summed E-state index contributed by atoms with van der Waals surface area (Å²) in [5.74, 6) is -0.616. The number of hydrogen-bond donors (Lipinski definition) is 1. The highest BCUT2D eigenvalue weighted by Gasteiger charge is 2.30. The zero-order valence-electron chi connectivity index (χ0n) is 16.0. The molecule has 0 aliphatic heterocycles. The lowest BCUT2D eigenvalue weighted by Gasteiger charge is -2.25. The van der Waals surface area contributed by atoms with E-state index in [0.29, 0.717) is 0 Å². The molecule has 1 atom stereocenters. The van der Waals surface area contributed by atoms with Gasteiger partial charge in [0.05, 0.1) is 6.42 Å². The third-order valence-electron chi connectivity index (χ3n) is 4.19. The molecule has 0 radical (unpaired) electrons. The Morgan fingerprint density at radius 2 is 1.55 bits per heavy atom. The number of nitrogens with zero attached hydrogens (tertiary/aromatic N) is 1. The van der Waals surface area contributed by atoms with Crippen molar-refractivity contribution >= 4 is 12.0 Å². The Balaban J connectivity index is 2.01. The van der Waals surface area contributed by atoms with Gasteiger partial charge in [0.25, 0.3) is 0 Å². The monoisotopic (exact) mass is 408 g/mol. The van der Waals surface area contributed by atoms with Crippen molar-refractivity contribution in [2.24, 2.45) is 0 Å². The Hall–Kier alpha value is -3.03. The van der Waals surface area contributed by atoms with Gasteiger partial charge in [-0.1, -0.05) is 60.7 Å². The molecule has 2 aromatic carbocycles. The maximum Gasteiger partial charge on any atom is 0.408 e. The molecular weight excluding hydrogens is 385 g/mol. The number of likely N-dealkylation sites (N-methyl/N-ethyl adjacent to an activating group) is 1. The quantitative estimate of drug-likeness (QED) is 0.720. The summed E-state index contributed by atoms with van der Waals surface area (Å²) in [6.07, 6.45) is -6.17. The summed E-state index contributed by atoms with van der Waals surface area (Å²) in [7, 11) is 1.28. The van der Waals surface area contributed by atoms with Crippen molar-refractivity contribution in [3.05, 3.63) is 71.8 Å². The van der Waals surface area contributed by atoms with Gasteiger partial charge in [0.2, 0.25) is 5.91 Å². The normalized spacial score (nSPS) is 12.1. The molecule has 0 aliphatic rings. The van der Waals surface area contributed by atoms with Gasteiger partial charge in [-0.05, 0) is 11.1 Å². The molecule has 0 aliphatic carbocycles. The first-order valence-electron chi connectivity index (χ1n) is 9.07. The smallest absolute Gasteiger partial charge is 0.408 e. The second-order valence-electron chi connectivity index (χ2n) is 6.57. The second kappa shape index (κ2) is 10.5. The SMILES string of the molecule is CN(CCC(F)(F)F)C(=O)[C@H](Cc1ccccc1)NC(=O)OCc1ccccc1. The first-order valence-corrected chi connectivity index (χ1v) is 9.07. The maximum atomic E-state index is 12.7. The zero-order chi connectivity index (χ0) is 21.3. The van der Waals surface area contributed by atoms with Crippen LogP contribution in [0.25, 0.3) is 0 Å². The van der Waals surface area contributed by atoms with Crippen molar-refractivity contribution in [3.8, 4) is 0 Å². The molecule has 0 saturated heterocycles. The van der Waals surface area contributed by atoms with Crippen LogP contribution in [0, 0.1) is 0 Å². The predicted molar refractivity (Wildman–Crippen MR) is 102 cm³/mol. The summed E-state index contributed by atoms with van der Waals surface area (Å²) in [6, 6.07) is 16.8. The van der Waals surface area contributed by atoms with Gasteiger partial charge in [0.15, 0.2) is 0 Å². The van der Waals surface area contributed by atoms with Crippen LogP contribution in [0.15, 0.2) is 60.7 Å². The Labute approximate surface area is 167 Å². The van der Waals surface area contributed by atoms with Crippen LogP contribution >= 0.6 is 0 Å². The minimum Gasteiger partial charge on any atom is -0.445 e. The van der Waals surface area contributed by atoms with E-state index in [0.717, 1.165) is 16.0 Å². The fraction of sp³-hybridized carbons (Fsp3) is 0.333. The van der Waals surface area contributed by atoms with E-state index < -0.39 is 37.2 Å². The van der Waals surface area contributed by atoms with Crippen LogP contribution in [0.2, 0.25) is 0 Å². The van der Waals surface area contributed by atoms with Crippen LogP contribution in [0.4, 0.5) is 18.0 Å². The number of hydrogen-bond acceptors (Lipinski definition) is 3. The van der Waals surface area contributed by atoms with E-state index in [2.05, 4.69) is 5.32 Å². The molecule has 1 N–H and O–H groups in total. The summed E-state index contributed by atoms with van der Waals surface area (Å²) < 4.78 is 42.6. The molecule has 5 nitrogen and oxygen atoms in total. The van der Waals surface area contributed by atoms with Gasteiger partial charge >= 0.3 is 12.3 Å². The van der Waals surface area contributed by atoms with Crippen LogP contribution in [0.1, 0.15) is 17.5 Å². The molecule has 156 valence electrons. The summed E-state index contributed by atoms with van der Waals surface area (Å²) >= 11 is 0. The van der Waals surface area contributed by atoms with E-state index in [1.165, 1.54) is 7.05 Å². The molecular formula is C21H23F3N2O3. The molecule has 0 spiro atoms. The standard InChI is InChI=1S/C21H23F3N2O3/c1-26(13-12-21(22,23)24)19(27)18(14-16-8-4-2-5-9-16)25-20(28)29-15-17-10-6-3-7-11-17/h2-11,18H,12-15H2,1H3,(H,25,28)/t18-/m0/s1. The molecule has 8 heteroatoms. The van der Waals surface area contributed by atoms with Crippen molar-refractivity contribution in [1.82, 2.24) is 10.2 Å². The van der Waals surface area contributed by atoms with Crippen LogP contribution in [-0.4, -0.2) is 42.7 Å². The fourth-order valence-electron chi connectivity index (χ4n) is 2.63. The molecule has 0 fully saturated rings. The molecule has 2 rings (SSSR count). The average Bonchev–Trinajstić information content (AvgIpc) is 2.70. The number of carbonyl (C=O) groups is 2. The number of benzene rings is 2. The third kappa shape index (κ3) is 8.25. The Morgan fingerprint density at radius 1 is 1.00 bits per heavy atom. The Kier molecular flexibility index (Phi) is 8.06. The van der Waals surface area contributed by atoms with Crippen molar-refractivity contribution in [1.29, 1.82) is 0 Å². The lowest BCUT2D eigenvalue weighted by molar-refractivity contribution is -0.145. The van der Waals surface area contributed by atoms with E-state index in [4.69, 9.17) is 4.74 Å². The number of carbonyl (C=O) groups excluding carboxylic acids is 2. The number of halogens is 3. The highest BCUT2D eigenvalue weighted by Crippen LogP contribution is 2.19. The van der Waals surface area contributed by atoms with E-state index in [1.54, 1.807) is 54.6 Å². The molecule has 0 aromatic heterocycles. The van der Waals surface area contributed by atoms with Crippen LogP contribution in [-0.2, 0) is 22.6 Å². The molecule has 2 amide bonds. The minimum atomic E-state index is -4.37. The van der Waals surface area contributed by atoms with Gasteiger partial charge in [-0.3, -0.25) is 4.79 Å². The van der Waals surface area contributed by atoms with Gasteiger partial charge in [0.1, 0.15) is 12.6 Å². The van der Waals surface area contributed by atoms with E-state index in [1.807, 2.05) is 6.07 Å². The highest BCUT2D eigenvalue weighted by atomic mass is 19.4. The average molecular weight is 408 g/mol. The van der Waals surface area contributed by atoms with Gasteiger partial charge in [-0.15, -0.1) is 0 Å². The molecule has 0 saturated carbocycles. The third-order valence-corrected chi connectivity index (χ3v) is 4.19. The molecule has 29 heavy (non-hydrogen) atoms. The lowest BCUT2D eigenvalue weighted by Crippen LogP contribution is -2.49. The summed E-state index contributed by atoms with van der Waals surface area (Å²) in [5.41, 5.74) is 1.54. The first kappa shape index (κ1) is 22.3. The minimum absolute atomic E-state index is 0.0167. The zero-order valence-corrected chi connectivity index (χ0v) is 16.0. The van der Waals surface area contributed by atoms with Crippen LogP contribution < -0.4 is 5.32 Å². The van der Waals surface area contributed by atoms with Crippen LogP contribution in [0.3, 0.4) is 0 Å². The fourth-order valence-corrected chi connectivity index (χ4v) is 2.63. The number of rotatable bonds is 8. The number of amides is 2. The molecule has 0 unspecified atom stereocenters. The summed E-state index contributed by atoms with van der Waals surface area (Å²) in [6.45, 7) is -0.475. The van der Waals surface area contributed by atoms with Crippen molar-refractivity contribution in [3.63, 3.8) is 0 Å². The van der Waals surface area contributed by atoms with Gasteiger partial charge in [-0.25, -0.2) is 4.79 Å². The Morgan fingerprint density at radius 3 is 2.10 bits per heavy atom. The van der Waals surface area contributed by atoms with E-state index in [-0.39, 0.29) is 13.0 Å². The van der Waals surface area contributed by atoms with Gasteiger partial charge in [-0.2, -0.15) is 13.2 Å². The molecule has 2 aromatic rings. The molecule has 0 heterocycles. The van der Waals surface area contributed by atoms with Crippen molar-refractivity contribution < 1.29 is 27.5 Å². The van der Waals surface area contributed by atoms with Gasteiger partial charge < -0.3 is 15.0 Å². The number of ether oxygens (including phenoxy) is 1. The topological polar surface area (TPSA) is 58.6 Å². The first-order chi connectivity index (χ1) is 13.7. The van der Waals surface area contributed by atoms with E-state index in [9.17, 15) is 22.8 Å². The van der Waals surface area contributed by atoms with Crippen LogP contribution in [0.5, 0.6) is 0 Å². The predicted octanol–water partition coefficient (Wildman–Crippen LogP) is 3.93. The Bertz CT molecular complexity index is 783. The van der Waals surface area contributed by atoms with Gasteiger partial charge in [0, 0.05) is 20.0 Å². The van der Waals surface area contributed by atoms with E-state index >= 15 is 0 Å². The van der Waals surface area contributed by atoms with Crippen molar-refractivity contribution in [2.45, 2.75) is 31.7 Å². The number of alkyl carbamates (subject to hydrolysis) is 1. The highest BCUT2D eigenvalue weighted by molar-refractivity contribution is 5.85. The lowest BCUT2D eigenvalue weighted by atomic mass is 10.0. The van der Waals surface area contributed by atoms with Crippen molar-refractivity contribution in [2.75, 3.05) is 13.6 Å². The molecule has 0 bridgehead atoms. The second-order valence-corrected chi connectivity index (χ2v) is 6.57. The summed E-state index contributed by atoms with van der Waals surface area (Å²) in [5, 5.41) is 2.48. The maximum absolute atomic E-state index is 12.7. The largest absolute Gasteiger partial charge is 0.445 e. The number of alkyl halides is 3. The summed E-state index contributed by atoms with van der Waals surface area (Å²) in [4.78, 5) is 25.8. The number of nitrogens with one attached hydrogen (secondary N) is 1.